The predicted octanol–water partition coefficient (Wildman–Crippen LogP) is 1.60. The van der Waals surface area contributed by atoms with Crippen LogP contribution >= 0.6 is 0 Å². The van der Waals surface area contributed by atoms with Gasteiger partial charge in [-0.05, 0) is 44.5 Å². The highest BCUT2D eigenvalue weighted by atomic mass is 16.5. The Morgan fingerprint density at radius 3 is 2.90 bits per heavy atom. The van der Waals surface area contributed by atoms with Crippen molar-refractivity contribution < 1.29 is 9.53 Å². The first-order valence-electron chi connectivity index (χ1n) is 7.18. The summed E-state index contributed by atoms with van der Waals surface area (Å²) in [6, 6.07) is 7.59. The van der Waals surface area contributed by atoms with Gasteiger partial charge in [-0.1, -0.05) is 0 Å². The lowest BCUT2D eigenvalue weighted by atomic mass is 10.1. The van der Waals surface area contributed by atoms with Crippen molar-refractivity contribution in [3.8, 4) is 6.07 Å². The van der Waals surface area contributed by atoms with Crippen LogP contribution in [0.1, 0.15) is 25.0 Å². The highest BCUT2D eigenvalue weighted by Crippen LogP contribution is 2.23. The fourth-order valence-corrected chi connectivity index (χ4v) is 2.46. The van der Waals surface area contributed by atoms with Crippen LogP contribution in [-0.4, -0.2) is 37.7 Å². The number of nitriles is 1. The molecule has 1 heterocycles. The Labute approximate surface area is 125 Å². The zero-order valence-electron chi connectivity index (χ0n) is 12.7. The number of nitrogens with one attached hydrogen (secondary N) is 1. The average molecular weight is 287 g/mol. The quantitative estimate of drug-likeness (QED) is 0.917. The SMILES string of the molecule is Cc1cc(N2CCOCC2C(=O)NC(C)C)ccc1C#N. The van der Waals surface area contributed by atoms with Gasteiger partial charge in [0, 0.05) is 18.3 Å². The van der Waals surface area contributed by atoms with Crippen molar-refractivity contribution in [3.63, 3.8) is 0 Å². The van der Waals surface area contributed by atoms with Crippen LogP contribution in [-0.2, 0) is 9.53 Å². The number of rotatable bonds is 3. The summed E-state index contributed by atoms with van der Waals surface area (Å²) in [7, 11) is 0. The van der Waals surface area contributed by atoms with E-state index in [2.05, 4.69) is 16.3 Å². The fourth-order valence-electron chi connectivity index (χ4n) is 2.46. The number of benzene rings is 1. The molecule has 0 saturated carbocycles. The Balaban J connectivity index is 2.24. The van der Waals surface area contributed by atoms with E-state index in [1.165, 1.54) is 0 Å². The molecule has 1 atom stereocenters. The van der Waals surface area contributed by atoms with Crippen molar-refractivity contribution in [2.75, 3.05) is 24.7 Å². The van der Waals surface area contributed by atoms with Gasteiger partial charge in [-0.3, -0.25) is 4.79 Å². The van der Waals surface area contributed by atoms with Crippen molar-refractivity contribution in [2.45, 2.75) is 32.9 Å². The molecule has 1 aromatic rings. The van der Waals surface area contributed by atoms with Crippen molar-refractivity contribution in [2.24, 2.45) is 0 Å². The van der Waals surface area contributed by atoms with E-state index >= 15 is 0 Å². The highest BCUT2D eigenvalue weighted by molar-refractivity contribution is 5.86. The molecule has 0 radical (unpaired) electrons. The number of hydrogen-bond donors (Lipinski definition) is 1. The number of hydrogen-bond acceptors (Lipinski definition) is 4. The summed E-state index contributed by atoms with van der Waals surface area (Å²) in [6.07, 6.45) is 0. The molecule has 1 unspecified atom stereocenters. The molecule has 1 N–H and O–H groups in total. The first-order chi connectivity index (χ1) is 10.0. The van der Waals surface area contributed by atoms with E-state index in [9.17, 15) is 4.79 Å². The van der Waals surface area contributed by atoms with E-state index in [0.717, 1.165) is 11.3 Å². The molecule has 0 bridgehead atoms. The van der Waals surface area contributed by atoms with Gasteiger partial charge in [-0.25, -0.2) is 0 Å². The lowest BCUT2D eigenvalue weighted by Crippen LogP contribution is -2.55. The average Bonchev–Trinajstić information content (AvgIpc) is 2.46. The summed E-state index contributed by atoms with van der Waals surface area (Å²) in [4.78, 5) is 14.4. The Morgan fingerprint density at radius 2 is 2.29 bits per heavy atom. The van der Waals surface area contributed by atoms with E-state index in [4.69, 9.17) is 10.00 Å². The van der Waals surface area contributed by atoms with E-state index in [0.29, 0.717) is 25.3 Å². The van der Waals surface area contributed by atoms with E-state index in [1.54, 1.807) is 6.07 Å². The third kappa shape index (κ3) is 3.53. The van der Waals surface area contributed by atoms with Crippen LogP contribution in [0.3, 0.4) is 0 Å². The second-order valence-corrected chi connectivity index (χ2v) is 5.56. The number of carbonyl (C=O) groups excluding carboxylic acids is 1. The molecule has 112 valence electrons. The van der Waals surface area contributed by atoms with Crippen molar-refractivity contribution in [1.29, 1.82) is 5.26 Å². The molecule has 0 aromatic heterocycles. The monoisotopic (exact) mass is 287 g/mol. The summed E-state index contributed by atoms with van der Waals surface area (Å²) < 4.78 is 5.46. The van der Waals surface area contributed by atoms with Gasteiger partial charge in [-0.2, -0.15) is 5.26 Å². The molecule has 1 aromatic carbocycles. The number of anilines is 1. The standard InChI is InChI=1S/C16H21N3O2/c1-11(2)18-16(20)15-10-21-7-6-19(15)14-5-4-13(9-17)12(3)8-14/h4-5,8,11,15H,6-7,10H2,1-3H3,(H,18,20). The molecule has 1 saturated heterocycles. The van der Waals surface area contributed by atoms with Crippen molar-refractivity contribution in [1.82, 2.24) is 5.32 Å². The predicted molar refractivity (Wildman–Crippen MR) is 81.1 cm³/mol. The van der Waals surface area contributed by atoms with Crippen LogP contribution in [0, 0.1) is 18.3 Å². The number of aryl methyl sites for hydroxylation is 1. The second kappa shape index (κ2) is 6.59. The number of morpholine rings is 1. The first-order valence-corrected chi connectivity index (χ1v) is 7.18. The molecular formula is C16H21N3O2. The van der Waals surface area contributed by atoms with Crippen LogP contribution in [0.5, 0.6) is 0 Å². The maximum absolute atomic E-state index is 12.3. The molecule has 0 aliphatic carbocycles. The van der Waals surface area contributed by atoms with E-state index in [1.807, 2.05) is 32.9 Å². The van der Waals surface area contributed by atoms with Gasteiger partial charge in [0.2, 0.25) is 5.91 Å². The summed E-state index contributed by atoms with van der Waals surface area (Å²) in [5.41, 5.74) is 2.54. The molecule has 21 heavy (non-hydrogen) atoms. The Morgan fingerprint density at radius 1 is 1.52 bits per heavy atom. The molecule has 5 nitrogen and oxygen atoms in total. The van der Waals surface area contributed by atoms with Crippen LogP contribution in [0.15, 0.2) is 18.2 Å². The minimum absolute atomic E-state index is 0.0216. The maximum atomic E-state index is 12.3. The van der Waals surface area contributed by atoms with Gasteiger partial charge in [-0.15, -0.1) is 0 Å². The Hall–Kier alpha value is -2.06. The van der Waals surface area contributed by atoms with Crippen molar-refractivity contribution in [3.05, 3.63) is 29.3 Å². The minimum atomic E-state index is -0.325. The molecular weight excluding hydrogens is 266 g/mol. The van der Waals surface area contributed by atoms with Gasteiger partial charge < -0.3 is 15.0 Å². The number of amides is 1. The molecule has 1 aliphatic rings. The smallest absolute Gasteiger partial charge is 0.245 e. The third-order valence-corrected chi connectivity index (χ3v) is 3.52. The van der Waals surface area contributed by atoms with Crippen molar-refractivity contribution >= 4 is 11.6 Å². The highest BCUT2D eigenvalue weighted by Gasteiger charge is 2.30. The summed E-state index contributed by atoms with van der Waals surface area (Å²) in [5, 5.41) is 11.9. The molecule has 5 heteroatoms. The van der Waals surface area contributed by atoms with E-state index in [-0.39, 0.29) is 18.0 Å². The largest absolute Gasteiger partial charge is 0.377 e. The molecule has 2 rings (SSSR count). The van der Waals surface area contributed by atoms with Gasteiger partial charge in [0.05, 0.1) is 24.8 Å². The van der Waals surface area contributed by atoms with Crippen LogP contribution < -0.4 is 10.2 Å². The van der Waals surface area contributed by atoms with E-state index < -0.39 is 0 Å². The third-order valence-electron chi connectivity index (χ3n) is 3.52. The Bertz CT molecular complexity index is 563. The first kappa shape index (κ1) is 15.3. The van der Waals surface area contributed by atoms with Gasteiger partial charge >= 0.3 is 0 Å². The summed E-state index contributed by atoms with van der Waals surface area (Å²) in [6.45, 7) is 7.45. The van der Waals surface area contributed by atoms with Crippen LogP contribution in [0.2, 0.25) is 0 Å². The molecule has 0 spiro atoms. The zero-order chi connectivity index (χ0) is 15.4. The molecule has 1 fully saturated rings. The van der Waals surface area contributed by atoms with Gasteiger partial charge in [0.15, 0.2) is 0 Å². The Kier molecular flexibility index (Phi) is 4.81. The summed E-state index contributed by atoms with van der Waals surface area (Å²) >= 11 is 0. The number of nitrogens with zero attached hydrogens (tertiary/aromatic N) is 2. The fraction of sp³-hybridized carbons (Fsp3) is 0.500. The topological polar surface area (TPSA) is 65.4 Å². The maximum Gasteiger partial charge on any atom is 0.245 e. The van der Waals surface area contributed by atoms with Crippen LogP contribution in [0.4, 0.5) is 5.69 Å². The van der Waals surface area contributed by atoms with Crippen LogP contribution in [0.25, 0.3) is 0 Å². The normalized spacial score (nSPS) is 18.4. The summed E-state index contributed by atoms with van der Waals surface area (Å²) in [5.74, 6) is -0.0216. The number of carbonyl (C=O) groups is 1. The lowest BCUT2D eigenvalue weighted by Gasteiger charge is -2.36. The minimum Gasteiger partial charge on any atom is -0.377 e. The zero-order valence-corrected chi connectivity index (χ0v) is 12.7. The second-order valence-electron chi connectivity index (χ2n) is 5.56. The van der Waals surface area contributed by atoms with Gasteiger partial charge in [0.1, 0.15) is 6.04 Å². The lowest BCUT2D eigenvalue weighted by molar-refractivity contribution is -0.125. The molecule has 1 amide bonds. The number of ether oxygens (including phenoxy) is 1. The molecule has 1 aliphatic heterocycles. The van der Waals surface area contributed by atoms with Gasteiger partial charge in [0.25, 0.3) is 0 Å².